The maximum atomic E-state index is 5.88. The summed E-state index contributed by atoms with van der Waals surface area (Å²) in [5, 5.41) is 0. The highest BCUT2D eigenvalue weighted by atomic mass is 15.2. The lowest BCUT2D eigenvalue weighted by molar-refractivity contribution is 1.00. The molecule has 0 aliphatic heterocycles. The Morgan fingerprint density at radius 3 is 1.69 bits per heavy atom. The quantitative estimate of drug-likeness (QED) is 0.706. The van der Waals surface area contributed by atoms with E-state index in [1.807, 2.05) is 38.0 Å². The molecule has 1 heterocycles. The Bertz CT molecular complexity index is 268. The van der Waals surface area contributed by atoms with Crippen molar-refractivity contribution in [2.45, 2.75) is 0 Å². The fourth-order valence-electron chi connectivity index (χ4n) is 1.09. The Kier molecular flexibility index (Phi) is 2.55. The molecule has 5 nitrogen and oxygen atoms in total. The van der Waals surface area contributed by atoms with Gasteiger partial charge in [-0.15, -0.1) is 0 Å². The average Bonchev–Trinajstić information content (AvgIpc) is 2.03. The molecule has 0 aromatic carbocycles. The molecule has 1 aromatic rings. The summed E-state index contributed by atoms with van der Waals surface area (Å²) in [5.41, 5.74) is 6.49. The van der Waals surface area contributed by atoms with Crippen molar-refractivity contribution in [1.82, 2.24) is 9.97 Å². The fourth-order valence-corrected chi connectivity index (χ4v) is 1.09. The van der Waals surface area contributed by atoms with Gasteiger partial charge in [0.1, 0.15) is 12.0 Å². The number of nitrogens with two attached hydrogens (primary N) is 1. The number of nitrogens with zero attached hydrogens (tertiary/aromatic N) is 4. The molecule has 0 spiro atoms. The number of hydrogen-bond acceptors (Lipinski definition) is 5. The smallest absolute Gasteiger partial charge is 0.156 e. The van der Waals surface area contributed by atoms with Gasteiger partial charge in [0, 0.05) is 28.2 Å². The fraction of sp³-hybridized carbons (Fsp3) is 0.500. The average molecular weight is 181 g/mol. The maximum absolute atomic E-state index is 5.88. The molecule has 0 aliphatic rings. The van der Waals surface area contributed by atoms with Gasteiger partial charge in [-0.05, 0) is 0 Å². The standard InChI is InChI=1S/C8H15N5/c1-12(2)7-6(9)8(13(3)4)11-5-10-7/h5H,9H2,1-4H3. The molecule has 0 aliphatic carbocycles. The SMILES string of the molecule is CN(C)c1ncnc(N(C)C)c1N. The summed E-state index contributed by atoms with van der Waals surface area (Å²) >= 11 is 0. The van der Waals surface area contributed by atoms with Crippen LogP contribution in [0, 0.1) is 0 Å². The molecule has 0 fully saturated rings. The van der Waals surface area contributed by atoms with Crippen LogP contribution in [0.25, 0.3) is 0 Å². The molecular weight excluding hydrogens is 166 g/mol. The third-order valence-electron chi connectivity index (χ3n) is 1.69. The van der Waals surface area contributed by atoms with Crippen LogP contribution in [0.4, 0.5) is 17.3 Å². The molecule has 0 radical (unpaired) electrons. The van der Waals surface area contributed by atoms with Gasteiger partial charge in [0.2, 0.25) is 0 Å². The molecule has 0 unspecified atom stereocenters. The molecule has 1 aromatic heterocycles. The molecule has 72 valence electrons. The summed E-state index contributed by atoms with van der Waals surface area (Å²) in [6.07, 6.45) is 1.51. The number of aromatic nitrogens is 2. The Morgan fingerprint density at radius 1 is 1.00 bits per heavy atom. The van der Waals surface area contributed by atoms with Crippen LogP contribution in [0.15, 0.2) is 6.33 Å². The highest BCUT2D eigenvalue weighted by Gasteiger charge is 2.10. The van der Waals surface area contributed by atoms with Crippen LogP contribution in [0.2, 0.25) is 0 Å². The first-order valence-corrected chi connectivity index (χ1v) is 3.99. The summed E-state index contributed by atoms with van der Waals surface area (Å²) in [5.74, 6) is 1.50. The van der Waals surface area contributed by atoms with Crippen LogP contribution in [0.5, 0.6) is 0 Å². The highest BCUT2D eigenvalue weighted by Crippen LogP contribution is 2.25. The van der Waals surface area contributed by atoms with E-state index in [0.29, 0.717) is 5.69 Å². The second-order valence-corrected chi connectivity index (χ2v) is 3.22. The van der Waals surface area contributed by atoms with E-state index in [2.05, 4.69) is 9.97 Å². The molecule has 2 N–H and O–H groups in total. The van der Waals surface area contributed by atoms with E-state index in [-0.39, 0.29) is 0 Å². The van der Waals surface area contributed by atoms with E-state index in [9.17, 15) is 0 Å². The van der Waals surface area contributed by atoms with E-state index in [4.69, 9.17) is 5.73 Å². The van der Waals surface area contributed by atoms with E-state index in [0.717, 1.165) is 11.6 Å². The van der Waals surface area contributed by atoms with Crippen LogP contribution < -0.4 is 15.5 Å². The summed E-state index contributed by atoms with van der Waals surface area (Å²) in [6.45, 7) is 0. The molecule has 0 atom stereocenters. The van der Waals surface area contributed by atoms with Gasteiger partial charge in [-0.1, -0.05) is 0 Å². The Morgan fingerprint density at radius 2 is 1.38 bits per heavy atom. The summed E-state index contributed by atoms with van der Waals surface area (Å²) in [7, 11) is 7.60. The van der Waals surface area contributed by atoms with Gasteiger partial charge in [-0.25, -0.2) is 9.97 Å². The zero-order chi connectivity index (χ0) is 10.0. The van der Waals surface area contributed by atoms with Crippen molar-refractivity contribution < 1.29 is 0 Å². The Balaban J connectivity index is 3.18. The first-order valence-electron chi connectivity index (χ1n) is 3.99. The second-order valence-electron chi connectivity index (χ2n) is 3.22. The normalized spacial score (nSPS) is 9.85. The van der Waals surface area contributed by atoms with Gasteiger partial charge in [0.05, 0.1) is 0 Å². The van der Waals surface area contributed by atoms with Crippen molar-refractivity contribution in [3.8, 4) is 0 Å². The Hall–Kier alpha value is -1.52. The maximum Gasteiger partial charge on any atom is 0.156 e. The van der Waals surface area contributed by atoms with Gasteiger partial charge in [0.15, 0.2) is 11.6 Å². The minimum absolute atomic E-state index is 0.609. The van der Waals surface area contributed by atoms with Gasteiger partial charge in [-0.3, -0.25) is 0 Å². The summed E-state index contributed by atoms with van der Waals surface area (Å²) in [4.78, 5) is 11.9. The molecule has 0 saturated carbocycles. The molecule has 5 heteroatoms. The molecule has 0 amide bonds. The third-order valence-corrected chi connectivity index (χ3v) is 1.69. The number of anilines is 3. The lowest BCUT2D eigenvalue weighted by atomic mass is 10.4. The predicted octanol–water partition coefficient (Wildman–Crippen LogP) is 0.191. The molecule has 0 saturated heterocycles. The summed E-state index contributed by atoms with van der Waals surface area (Å²) < 4.78 is 0. The van der Waals surface area contributed by atoms with Crippen LogP contribution in [0.1, 0.15) is 0 Å². The predicted molar refractivity (Wildman–Crippen MR) is 55.1 cm³/mol. The van der Waals surface area contributed by atoms with Crippen LogP contribution in [-0.2, 0) is 0 Å². The molecule has 1 rings (SSSR count). The number of rotatable bonds is 2. The number of nitrogen functional groups attached to an aromatic ring is 1. The second kappa shape index (κ2) is 3.47. The van der Waals surface area contributed by atoms with Gasteiger partial charge in [-0.2, -0.15) is 0 Å². The zero-order valence-corrected chi connectivity index (χ0v) is 8.44. The number of hydrogen-bond donors (Lipinski definition) is 1. The van der Waals surface area contributed by atoms with Crippen molar-refractivity contribution in [1.29, 1.82) is 0 Å². The largest absolute Gasteiger partial charge is 0.393 e. The van der Waals surface area contributed by atoms with Crippen molar-refractivity contribution >= 4 is 17.3 Å². The van der Waals surface area contributed by atoms with Crippen molar-refractivity contribution in [3.63, 3.8) is 0 Å². The topological polar surface area (TPSA) is 58.3 Å². The highest BCUT2D eigenvalue weighted by molar-refractivity contribution is 5.74. The van der Waals surface area contributed by atoms with Crippen LogP contribution >= 0.6 is 0 Å². The molecular formula is C8H15N5. The van der Waals surface area contributed by atoms with E-state index < -0.39 is 0 Å². The van der Waals surface area contributed by atoms with Gasteiger partial charge >= 0.3 is 0 Å². The van der Waals surface area contributed by atoms with E-state index >= 15 is 0 Å². The van der Waals surface area contributed by atoms with E-state index in [1.54, 1.807) is 0 Å². The zero-order valence-electron chi connectivity index (χ0n) is 8.44. The minimum Gasteiger partial charge on any atom is -0.393 e. The van der Waals surface area contributed by atoms with Crippen LogP contribution in [-0.4, -0.2) is 38.2 Å². The minimum atomic E-state index is 0.609. The van der Waals surface area contributed by atoms with Crippen molar-refractivity contribution in [3.05, 3.63) is 6.33 Å². The van der Waals surface area contributed by atoms with Gasteiger partial charge in [0.25, 0.3) is 0 Å². The first kappa shape index (κ1) is 9.57. The van der Waals surface area contributed by atoms with Crippen molar-refractivity contribution in [2.75, 3.05) is 43.7 Å². The Labute approximate surface area is 78.2 Å². The lowest BCUT2D eigenvalue weighted by Gasteiger charge is -2.18. The first-order chi connectivity index (χ1) is 6.04. The van der Waals surface area contributed by atoms with E-state index in [1.165, 1.54) is 6.33 Å². The summed E-state index contributed by atoms with van der Waals surface area (Å²) in [6, 6.07) is 0. The van der Waals surface area contributed by atoms with Gasteiger partial charge < -0.3 is 15.5 Å². The lowest BCUT2D eigenvalue weighted by Crippen LogP contribution is -2.18. The van der Waals surface area contributed by atoms with Crippen LogP contribution in [0.3, 0.4) is 0 Å². The monoisotopic (exact) mass is 181 g/mol. The molecule has 13 heavy (non-hydrogen) atoms. The third kappa shape index (κ3) is 1.80. The molecule has 0 bridgehead atoms. The van der Waals surface area contributed by atoms with Crippen molar-refractivity contribution in [2.24, 2.45) is 0 Å².